The molecule has 2 atom stereocenters. The van der Waals surface area contributed by atoms with Gasteiger partial charge in [0.05, 0.1) is 11.3 Å². The van der Waals surface area contributed by atoms with E-state index < -0.39 is 5.60 Å². The van der Waals surface area contributed by atoms with Crippen molar-refractivity contribution in [2.24, 2.45) is 22.2 Å². The van der Waals surface area contributed by atoms with Gasteiger partial charge in [0, 0.05) is 17.5 Å². The predicted molar refractivity (Wildman–Crippen MR) is 113 cm³/mol. The molecular formula is C25H29NO. The summed E-state index contributed by atoms with van der Waals surface area (Å²) in [6.45, 7) is 6.46. The van der Waals surface area contributed by atoms with Crippen LogP contribution in [0.15, 0.2) is 77.9 Å². The molecule has 0 spiro atoms. The smallest absolute Gasteiger partial charge is 0.0798 e. The summed E-state index contributed by atoms with van der Waals surface area (Å²) < 4.78 is 0. The Balaban J connectivity index is 1.70. The lowest BCUT2D eigenvalue weighted by Gasteiger charge is -2.46. The number of aliphatic hydroxyl groups is 1. The first-order chi connectivity index (χ1) is 12.9. The summed E-state index contributed by atoms with van der Waals surface area (Å²) >= 11 is 0. The van der Waals surface area contributed by atoms with Gasteiger partial charge in [-0.25, -0.2) is 0 Å². The normalized spacial score (nSPS) is 24.3. The number of para-hydroxylation sites is 1. The summed E-state index contributed by atoms with van der Waals surface area (Å²) in [5, 5.41) is 11.9. The molecule has 0 amide bonds. The van der Waals surface area contributed by atoms with Crippen molar-refractivity contribution in [1.82, 2.24) is 0 Å². The van der Waals surface area contributed by atoms with Gasteiger partial charge in [0.25, 0.3) is 0 Å². The summed E-state index contributed by atoms with van der Waals surface area (Å²) in [6, 6.07) is 8.44. The summed E-state index contributed by atoms with van der Waals surface area (Å²) in [7, 11) is 0. The lowest BCUT2D eigenvalue weighted by Crippen LogP contribution is -2.49. The van der Waals surface area contributed by atoms with E-state index in [4.69, 9.17) is 4.99 Å². The van der Waals surface area contributed by atoms with Gasteiger partial charge in [-0.2, -0.15) is 0 Å². The molecule has 1 aromatic rings. The molecule has 0 radical (unpaired) electrons. The molecule has 4 rings (SSSR count). The number of nitrogens with zero attached hydrogens (tertiary/aromatic N) is 1. The molecule has 140 valence electrons. The average Bonchev–Trinajstić information content (AvgIpc) is 3.34. The molecule has 0 fully saturated rings. The van der Waals surface area contributed by atoms with Crippen LogP contribution in [-0.2, 0) is 0 Å². The highest BCUT2D eigenvalue weighted by molar-refractivity contribution is 5.95. The standard InChI is InChI=1S/C25H29NO/c1-24(2,3)25(27,20-12-6-7-13-20)17-19-16-23(18-10-4-5-11-18)26-22-15-9-8-14-21(19)22/h4-15,18-20,27H,16-17H2,1-3H3. The third-order valence-corrected chi connectivity index (χ3v) is 6.38. The average molecular weight is 360 g/mol. The zero-order valence-corrected chi connectivity index (χ0v) is 16.5. The number of benzene rings is 1. The van der Waals surface area contributed by atoms with E-state index >= 15 is 0 Å². The van der Waals surface area contributed by atoms with Gasteiger partial charge in [-0.15, -0.1) is 0 Å². The lowest BCUT2D eigenvalue weighted by molar-refractivity contribution is -0.0887. The Morgan fingerprint density at radius 2 is 1.59 bits per heavy atom. The highest BCUT2D eigenvalue weighted by atomic mass is 16.3. The molecule has 0 saturated heterocycles. The highest BCUT2D eigenvalue weighted by Gasteiger charge is 2.47. The Labute approximate surface area is 162 Å². The Hall–Kier alpha value is -2.19. The molecule has 2 nitrogen and oxygen atoms in total. The second-order valence-electron chi connectivity index (χ2n) is 9.03. The van der Waals surface area contributed by atoms with Crippen molar-refractivity contribution in [2.45, 2.75) is 45.1 Å². The minimum absolute atomic E-state index is 0.0539. The number of allylic oxidation sites excluding steroid dienone is 6. The van der Waals surface area contributed by atoms with Gasteiger partial charge >= 0.3 is 0 Å². The maximum atomic E-state index is 11.9. The summed E-state index contributed by atoms with van der Waals surface area (Å²) in [5.74, 6) is 0.607. The van der Waals surface area contributed by atoms with Crippen molar-refractivity contribution in [3.63, 3.8) is 0 Å². The molecular weight excluding hydrogens is 330 g/mol. The first kappa shape index (κ1) is 18.2. The van der Waals surface area contributed by atoms with Gasteiger partial charge in [0.15, 0.2) is 0 Å². The SMILES string of the molecule is CC(C)(C)C(O)(CC1CC(C2C=CC=C2)=Nc2ccccc21)C1C=CC=C1. The molecule has 27 heavy (non-hydrogen) atoms. The fourth-order valence-corrected chi connectivity index (χ4v) is 4.61. The molecule has 1 aromatic carbocycles. The number of rotatable bonds is 4. The molecule has 0 bridgehead atoms. The minimum atomic E-state index is -0.807. The molecule has 0 aromatic heterocycles. The van der Waals surface area contributed by atoms with Crippen molar-refractivity contribution in [1.29, 1.82) is 0 Å². The zero-order valence-electron chi connectivity index (χ0n) is 16.5. The van der Waals surface area contributed by atoms with Gasteiger partial charge in [-0.3, -0.25) is 4.99 Å². The molecule has 2 unspecified atom stereocenters. The quantitative estimate of drug-likeness (QED) is 0.713. The Morgan fingerprint density at radius 1 is 0.963 bits per heavy atom. The first-order valence-corrected chi connectivity index (χ1v) is 9.97. The largest absolute Gasteiger partial charge is 0.388 e. The van der Waals surface area contributed by atoms with Crippen molar-refractivity contribution < 1.29 is 5.11 Å². The maximum Gasteiger partial charge on any atom is 0.0798 e. The van der Waals surface area contributed by atoms with Gasteiger partial charge in [-0.1, -0.05) is 87.6 Å². The fraction of sp³-hybridized carbons (Fsp3) is 0.400. The summed E-state index contributed by atoms with van der Waals surface area (Å²) in [4.78, 5) is 4.97. The van der Waals surface area contributed by atoms with Crippen LogP contribution in [0.3, 0.4) is 0 Å². The van der Waals surface area contributed by atoms with Crippen LogP contribution in [0.4, 0.5) is 5.69 Å². The van der Waals surface area contributed by atoms with E-state index in [0.29, 0.717) is 0 Å². The van der Waals surface area contributed by atoms with Crippen LogP contribution >= 0.6 is 0 Å². The van der Waals surface area contributed by atoms with Crippen molar-refractivity contribution >= 4 is 11.4 Å². The number of fused-ring (bicyclic) bond motifs is 1. The maximum absolute atomic E-state index is 11.9. The van der Waals surface area contributed by atoms with E-state index in [-0.39, 0.29) is 23.2 Å². The second-order valence-corrected chi connectivity index (χ2v) is 9.03. The van der Waals surface area contributed by atoms with Crippen LogP contribution in [0.5, 0.6) is 0 Å². The van der Waals surface area contributed by atoms with Gasteiger partial charge < -0.3 is 5.11 Å². The number of hydrogen-bond acceptors (Lipinski definition) is 2. The van der Waals surface area contributed by atoms with Gasteiger partial charge in [0.2, 0.25) is 0 Å². The topological polar surface area (TPSA) is 32.6 Å². The van der Waals surface area contributed by atoms with Crippen LogP contribution in [-0.4, -0.2) is 16.4 Å². The van der Waals surface area contributed by atoms with Crippen LogP contribution in [0, 0.1) is 17.3 Å². The van der Waals surface area contributed by atoms with Crippen molar-refractivity contribution in [3.05, 3.63) is 78.4 Å². The Morgan fingerprint density at radius 3 is 2.26 bits per heavy atom. The molecule has 2 aliphatic carbocycles. The lowest BCUT2D eigenvalue weighted by atomic mass is 9.63. The van der Waals surface area contributed by atoms with Crippen LogP contribution in [0.1, 0.15) is 45.1 Å². The summed E-state index contributed by atoms with van der Waals surface area (Å²) in [5.41, 5.74) is 2.50. The Kier molecular flexibility index (Phi) is 4.55. The van der Waals surface area contributed by atoms with E-state index in [0.717, 1.165) is 18.5 Å². The van der Waals surface area contributed by atoms with Crippen molar-refractivity contribution in [3.8, 4) is 0 Å². The van der Waals surface area contributed by atoms with Crippen molar-refractivity contribution in [2.75, 3.05) is 0 Å². The number of hydrogen-bond donors (Lipinski definition) is 1. The molecule has 1 heterocycles. The van der Waals surface area contributed by atoms with Crippen LogP contribution in [0.2, 0.25) is 0 Å². The van der Waals surface area contributed by atoms with E-state index in [1.807, 2.05) is 0 Å². The van der Waals surface area contributed by atoms with Gasteiger partial charge in [-0.05, 0) is 35.8 Å². The van der Waals surface area contributed by atoms with Crippen LogP contribution < -0.4 is 0 Å². The van der Waals surface area contributed by atoms with E-state index in [2.05, 4.69) is 93.6 Å². The molecule has 1 aliphatic heterocycles. The van der Waals surface area contributed by atoms with E-state index in [1.165, 1.54) is 11.3 Å². The molecule has 0 saturated carbocycles. The third kappa shape index (κ3) is 3.27. The van der Waals surface area contributed by atoms with Crippen LogP contribution in [0.25, 0.3) is 0 Å². The predicted octanol–water partition coefficient (Wildman–Crippen LogP) is 5.90. The zero-order chi connectivity index (χ0) is 19.1. The monoisotopic (exact) mass is 359 g/mol. The third-order valence-electron chi connectivity index (χ3n) is 6.38. The molecule has 3 aliphatic rings. The summed E-state index contributed by atoms with van der Waals surface area (Å²) in [6.07, 6.45) is 18.6. The Bertz CT molecular complexity index is 841. The second kappa shape index (κ2) is 6.76. The molecule has 2 heteroatoms. The molecule has 1 N–H and O–H groups in total. The fourth-order valence-electron chi connectivity index (χ4n) is 4.61. The van der Waals surface area contributed by atoms with Gasteiger partial charge in [0.1, 0.15) is 0 Å². The van der Waals surface area contributed by atoms with E-state index in [1.54, 1.807) is 0 Å². The van der Waals surface area contributed by atoms with E-state index in [9.17, 15) is 5.11 Å². The first-order valence-electron chi connectivity index (χ1n) is 9.97. The number of aliphatic imine (C=N–C) groups is 1. The minimum Gasteiger partial charge on any atom is -0.388 e. The highest BCUT2D eigenvalue weighted by Crippen LogP contribution is 2.49.